The van der Waals surface area contributed by atoms with Crippen LogP contribution in [0.4, 0.5) is 5.69 Å². The number of rotatable bonds is 6. The van der Waals surface area contributed by atoms with Gasteiger partial charge in [0.15, 0.2) is 0 Å². The highest BCUT2D eigenvalue weighted by Gasteiger charge is 2.21. The molecule has 1 heterocycles. The number of sulfonamides is 1. The minimum Gasteiger partial charge on any atom is -0.388 e. The predicted octanol–water partition coefficient (Wildman–Crippen LogP) is 1.88. The predicted molar refractivity (Wildman–Crippen MR) is 77.9 cm³/mol. The van der Waals surface area contributed by atoms with Crippen molar-refractivity contribution in [2.75, 3.05) is 12.4 Å². The molecule has 0 spiro atoms. The fourth-order valence-electron chi connectivity index (χ4n) is 1.86. The number of H-pyrrole nitrogens is 1. The van der Waals surface area contributed by atoms with Crippen molar-refractivity contribution in [2.24, 2.45) is 0 Å². The highest BCUT2D eigenvalue weighted by Crippen LogP contribution is 2.18. The fraction of sp³-hybridized carbons (Fsp3) is 0.308. The number of nitrogens with zero attached hydrogens (tertiary/aromatic N) is 1. The molecular formula is C13H18N4O2S. The van der Waals surface area contributed by atoms with Crippen LogP contribution in [-0.2, 0) is 10.0 Å². The molecule has 1 unspecified atom stereocenters. The van der Waals surface area contributed by atoms with Crippen molar-refractivity contribution in [1.29, 1.82) is 0 Å². The molecule has 0 fully saturated rings. The van der Waals surface area contributed by atoms with Gasteiger partial charge in [0, 0.05) is 25.1 Å². The van der Waals surface area contributed by atoms with Crippen LogP contribution in [0.1, 0.15) is 25.2 Å². The van der Waals surface area contributed by atoms with Gasteiger partial charge in [-0.3, -0.25) is 0 Å². The molecule has 0 aliphatic rings. The van der Waals surface area contributed by atoms with Gasteiger partial charge in [0.2, 0.25) is 10.0 Å². The summed E-state index contributed by atoms with van der Waals surface area (Å²) in [5.74, 6) is 0.614. The van der Waals surface area contributed by atoms with Crippen LogP contribution in [0.3, 0.4) is 0 Å². The van der Waals surface area contributed by atoms with Gasteiger partial charge < -0.3 is 10.3 Å². The van der Waals surface area contributed by atoms with Crippen LogP contribution in [0.2, 0.25) is 0 Å². The van der Waals surface area contributed by atoms with E-state index in [2.05, 4.69) is 20.0 Å². The Balaban J connectivity index is 2.21. The van der Waals surface area contributed by atoms with Crippen molar-refractivity contribution in [1.82, 2.24) is 14.7 Å². The van der Waals surface area contributed by atoms with Crippen molar-refractivity contribution >= 4 is 15.7 Å². The number of anilines is 1. The summed E-state index contributed by atoms with van der Waals surface area (Å²) < 4.78 is 27.3. The zero-order valence-corrected chi connectivity index (χ0v) is 12.2. The van der Waals surface area contributed by atoms with Gasteiger partial charge in [0.05, 0.1) is 10.9 Å². The number of benzene rings is 1. The highest BCUT2D eigenvalue weighted by molar-refractivity contribution is 7.89. The molecule has 0 bridgehead atoms. The van der Waals surface area contributed by atoms with Crippen LogP contribution in [0, 0.1) is 0 Å². The topological polar surface area (TPSA) is 86.9 Å². The Morgan fingerprint density at radius 2 is 2.00 bits per heavy atom. The maximum absolute atomic E-state index is 12.3. The molecule has 2 aromatic rings. The number of aromatic amines is 1. The maximum Gasteiger partial charge on any atom is 0.241 e. The Bertz CT molecular complexity index is 636. The summed E-state index contributed by atoms with van der Waals surface area (Å²) >= 11 is 0. The lowest BCUT2D eigenvalue weighted by atomic mass is 10.2. The van der Waals surface area contributed by atoms with E-state index in [9.17, 15) is 8.42 Å². The Labute approximate surface area is 118 Å². The molecule has 0 aliphatic heterocycles. The average molecular weight is 294 g/mol. The Kier molecular flexibility index (Phi) is 4.41. The van der Waals surface area contributed by atoms with Crippen molar-refractivity contribution in [3.8, 4) is 0 Å². The van der Waals surface area contributed by atoms with Crippen LogP contribution >= 0.6 is 0 Å². The summed E-state index contributed by atoms with van der Waals surface area (Å²) in [6.07, 6.45) is 3.89. The molecule has 7 heteroatoms. The fourth-order valence-corrected chi connectivity index (χ4v) is 3.14. The summed E-state index contributed by atoms with van der Waals surface area (Å²) in [6, 6.07) is 6.23. The van der Waals surface area contributed by atoms with Gasteiger partial charge in [0.1, 0.15) is 5.82 Å². The molecular weight excluding hydrogens is 276 g/mol. The number of imidazole rings is 1. The largest absolute Gasteiger partial charge is 0.388 e. The van der Waals surface area contributed by atoms with E-state index in [1.54, 1.807) is 43.7 Å². The monoisotopic (exact) mass is 294 g/mol. The summed E-state index contributed by atoms with van der Waals surface area (Å²) in [5, 5.41) is 2.95. The molecule has 1 atom stereocenters. The van der Waals surface area contributed by atoms with Crippen LogP contribution in [-0.4, -0.2) is 25.4 Å². The van der Waals surface area contributed by atoms with Crippen molar-refractivity contribution < 1.29 is 8.42 Å². The lowest BCUT2D eigenvalue weighted by molar-refractivity contribution is 0.539. The average Bonchev–Trinajstić information content (AvgIpc) is 2.99. The van der Waals surface area contributed by atoms with E-state index >= 15 is 0 Å². The molecule has 6 nitrogen and oxygen atoms in total. The zero-order valence-electron chi connectivity index (χ0n) is 11.4. The second kappa shape index (κ2) is 6.06. The maximum atomic E-state index is 12.3. The van der Waals surface area contributed by atoms with E-state index in [-0.39, 0.29) is 10.9 Å². The summed E-state index contributed by atoms with van der Waals surface area (Å²) in [5.41, 5.74) is 0.863. The number of hydrogen-bond donors (Lipinski definition) is 3. The van der Waals surface area contributed by atoms with E-state index < -0.39 is 10.0 Å². The minimum absolute atomic E-state index is 0.238. The highest BCUT2D eigenvalue weighted by atomic mass is 32.2. The molecule has 1 aromatic heterocycles. The smallest absolute Gasteiger partial charge is 0.241 e. The molecule has 108 valence electrons. The van der Waals surface area contributed by atoms with Crippen LogP contribution in [0.15, 0.2) is 41.6 Å². The van der Waals surface area contributed by atoms with E-state index in [1.807, 2.05) is 6.92 Å². The first-order valence-corrected chi connectivity index (χ1v) is 7.84. The minimum atomic E-state index is -3.56. The van der Waals surface area contributed by atoms with E-state index in [0.717, 1.165) is 5.69 Å². The molecule has 1 aromatic carbocycles. The summed E-state index contributed by atoms with van der Waals surface area (Å²) in [6.45, 7) is 1.90. The summed E-state index contributed by atoms with van der Waals surface area (Å²) in [7, 11) is -1.78. The first-order valence-electron chi connectivity index (χ1n) is 6.36. The van der Waals surface area contributed by atoms with Gasteiger partial charge in [-0.15, -0.1) is 0 Å². The normalized spacial score (nSPS) is 13.1. The van der Waals surface area contributed by atoms with Crippen LogP contribution in [0.25, 0.3) is 0 Å². The molecule has 0 saturated heterocycles. The Morgan fingerprint density at radius 1 is 1.30 bits per heavy atom. The lowest BCUT2D eigenvalue weighted by Gasteiger charge is -2.15. The van der Waals surface area contributed by atoms with E-state index in [0.29, 0.717) is 12.2 Å². The van der Waals surface area contributed by atoms with E-state index in [1.165, 1.54) is 0 Å². The molecule has 3 N–H and O–H groups in total. The van der Waals surface area contributed by atoms with Gasteiger partial charge in [-0.25, -0.2) is 18.1 Å². The van der Waals surface area contributed by atoms with Crippen LogP contribution in [0.5, 0.6) is 0 Å². The van der Waals surface area contributed by atoms with Gasteiger partial charge in [-0.05, 0) is 30.7 Å². The molecule has 0 aliphatic carbocycles. The van der Waals surface area contributed by atoms with Crippen molar-refractivity contribution in [3.05, 3.63) is 42.5 Å². The first-order chi connectivity index (χ1) is 9.56. The number of nitrogens with one attached hydrogen (secondary N) is 3. The molecule has 2 rings (SSSR count). The summed E-state index contributed by atoms with van der Waals surface area (Å²) in [4.78, 5) is 7.27. The third kappa shape index (κ3) is 3.17. The first kappa shape index (κ1) is 14.5. The SMILES string of the molecule is CCC(NS(=O)(=O)c1ccc(NC)cc1)c1ncc[nH]1. The number of aromatic nitrogens is 2. The van der Waals surface area contributed by atoms with E-state index in [4.69, 9.17) is 0 Å². The molecule has 0 amide bonds. The van der Waals surface area contributed by atoms with Gasteiger partial charge in [0.25, 0.3) is 0 Å². The molecule has 0 radical (unpaired) electrons. The second-order valence-corrected chi connectivity index (χ2v) is 6.04. The third-order valence-electron chi connectivity index (χ3n) is 3.01. The standard InChI is InChI=1S/C13H18N4O2S/c1-3-12(13-15-8-9-16-13)17-20(18,19)11-6-4-10(14-2)5-7-11/h4-9,12,14,17H,3H2,1-2H3,(H,15,16). The second-order valence-electron chi connectivity index (χ2n) is 4.33. The van der Waals surface area contributed by atoms with Gasteiger partial charge in [-0.2, -0.15) is 0 Å². The Morgan fingerprint density at radius 3 is 2.50 bits per heavy atom. The van der Waals surface area contributed by atoms with Crippen molar-refractivity contribution in [2.45, 2.75) is 24.3 Å². The van der Waals surface area contributed by atoms with Crippen molar-refractivity contribution in [3.63, 3.8) is 0 Å². The molecule has 0 saturated carbocycles. The van der Waals surface area contributed by atoms with Gasteiger partial charge in [-0.1, -0.05) is 6.92 Å². The van der Waals surface area contributed by atoms with Crippen LogP contribution < -0.4 is 10.0 Å². The Hall–Kier alpha value is -1.86. The zero-order chi connectivity index (χ0) is 14.6. The number of hydrogen-bond acceptors (Lipinski definition) is 4. The molecule has 20 heavy (non-hydrogen) atoms. The lowest BCUT2D eigenvalue weighted by Crippen LogP contribution is -2.29. The third-order valence-corrected chi connectivity index (χ3v) is 4.50. The van der Waals surface area contributed by atoms with Gasteiger partial charge >= 0.3 is 0 Å². The quantitative estimate of drug-likeness (QED) is 0.759.